The van der Waals surface area contributed by atoms with Gasteiger partial charge in [0.05, 0.1) is 0 Å². The van der Waals surface area contributed by atoms with Crippen molar-refractivity contribution in [3.05, 3.63) is 107 Å². The van der Waals surface area contributed by atoms with Crippen LogP contribution in [0.15, 0.2) is 78.9 Å². The Kier molecular flexibility index (Phi) is 5.49. The van der Waals surface area contributed by atoms with Gasteiger partial charge in [-0.15, -0.1) is 12.8 Å². The van der Waals surface area contributed by atoms with Gasteiger partial charge >= 0.3 is 0 Å². The molecule has 0 aromatic heterocycles. The van der Waals surface area contributed by atoms with Crippen molar-refractivity contribution in [3.63, 3.8) is 0 Å². The minimum absolute atomic E-state index is 0.0980. The number of hydrogen-bond donors (Lipinski definition) is 0. The number of terminal acetylenes is 2. The summed E-state index contributed by atoms with van der Waals surface area (Å²) in [6, 6.07) is 27.0. The highest BCUT2D eigenvalue weighted by Gasteiger charge is 2.65. The van der Waals surface area contributed by atoms with E-state index in [0.717, 1.165) is 46.9 Å². The minimum atomic E-state index is -0.467. The lowest BCUT2D eigenvalue weighted by Gasteiger charge is -2.64. The molecule has 3 aromatic rings. The Morgan fingerprint density at radius 2 is 1.06 bits per heavy atom. The third-order valence-electron chi connectivity index (χ3n) is 8.82. The highest BCUT2D eigenvalue weighted by molar-refractivity contribution is 5.56. The van der Waals surface area contributed by atoms with Crippen LogP contribution in [-0.4, -0.2) is 0 Å². The lowest BCUT2D eigenvalue weighted by molar-refractivity contribution is -0.0711. The van der Waals surface area contributed by atoms with Crippen LogP contribution in [0.3, 0.4) is 0 Å². The molecule has 2 atom stereocenters. The normalized spacial score (nSPS) is 26.4. The topological polar surface area (TPSA) is 0 Å². The van der Waals surface area contributed by atoms with Crippen LogP contribution in [0, 0.1) is 71.5 Å². The Bertz CT molecular complexity index is 1430. The maximum atomic E-state index is 5.83. The Hall–Kier alpha value is -4.10. The summed E-state index contributed by atoms with van der Waals surface area (Å²) >= 11 is 0. The Balaban J connectivity index is 1.61. The van der Waals surface area contributed by atoms with E-state index in [4.69, 9.17) is 12.8 Å². The molecular weight excluding hydrogens is 432 g/mol. The van der Waals surface area contributed by atoms with Crippen molar-refractivity contribution in [1.29, 1.82) is 0 Å². The van der Waals surface area contributed by atoms with Crippen LogP contribution in [0.1, 0.15) is 59.9 Å². The van der Waals surface area contributed by atoms with Gasteiger partial charge in [0.2, 0.25) is 0 Å². The summed E-state index contributed by atoms with van der Waals surface area (Å²) in [5.41, 5.74) is 4.30. The van der Waals surface area contributed by atoms with Crippen molar-refractivity contribution >= 4 is 0 Å². The molecule has 4 aliphatic rings. The van der Waals surface area contributed by atoms with Gasteiger partial charge < -0.3 is 0 Å². The lowest BCUT2D eigenvalue weighted by Crippen LogP contribution is -2.61. The molecule has 0 heterocycles. The first kappa shape index (κ1) is 22.4. The zero-order valence-electron chi connectivity index (χ0n) is 20.4. The number of benzene rings is 3. The van der Waals surface area contributed by atoms with Gasteiger partial charge in [0, 0.05) is 27.7 Å². The van der Waals surface area contributed by atoms with Gasteiger partial charge in [0.25, 0.3) is 0 Å². The highest BCUT2D eigenvalue weighted by atomic mass is 14.7. The Morgan fingerprint density at radius 3 is 1.56 bits per heavy atom. The minimum Gasteiger partial charge on any atom is -0.115 e. The molecule has 0 N–H and O–H groups in total. The van der Waals surface area contributed by atoms with E-state index in [0.29, 0.717) is 5.92 Å². The van der Waals surface area contributed by atoms with Crippen molar-refractivity contribution in [1.82, 2.24) is 0 Å². The van der Waals surface area contributed by atoms with Crippen LogP contribution in [-0.2, 0) is 5.41 Å². The second-order valence-electron chi connectivity index (χ2n) is 10.7. The van der Waals surface area contributed by atoms with Crippen molar-refractivity contribution in [2.24, 2.45) is 23.2 Å². The van der Waals surface area contributed by atoms with Crippen LogP contribution in [0.4, 0.5) is 0 Å². The Labute approximate surface area is 215 Å². The summed E-state index contributed by atoms with van der Waals surface area (Å²) in [6.45, 7) is 0. The fourth-order valence-electron chi connectivity index (χ4n) is 7.50. The predicted molar refractivity (Wildman–Crippen MR) is 147 cm³/mol. The van der Waals surface area contributed by atoms with E-state index < -0.39 is 5.41 Å². The van der Waals surface area contributed by atoms with E-state index in [1.165, 1.54) is 24.8 Å². The molecule has 0 radical (unpaired) electrons. The van der Waals surface area contributed by atoms with E-state index in [1.54, 1.807) is 0 Å². The average molecular weight is 461 g/mol. The fraction of sp³-hybridized carbons (Fsp3) is 0.278. The molecule has 3 aromatic carbocycles. The van der Waals surface area contributed by atoms with E-state index >= 15 is 0 Å². The zero-order valence-corrected chi connectivity index (χ0v) is 20.4. The molecule has 4 bridgehead atoms. The number of hydrogen-bond acceptors (Lipinski definition) is 0. The first-order valence-corrected chi connectivity index (χ1v) is 12.9. The summed E-state index contributed by atoms with van der Waals surface area (Å²) in [6.07, 6.45) is 17.7. The van der Waals surface area contributed by atoms with Gasteiger partial charge in [-0.05, 0) is 79.7 Å². The molecule has 2 unspecified atom stereocenters. The molecule has 0 aliphatic heterocycles. The molecule has 0 saturated heterocycles. The van der Waals surface area contributed by atoms with Crippen LogP contribution in [0.5, 0.6) is 0 Å². The summed E-state index contributed by atoms with van der Waals surface area (Å²) < 4.78 is 0. The molecule has 36 heavy (non-hydrogen) atoms. The fourth-order valence-corrected chi connectivity index (χ4v) is 7.50. The van der Waals surface area contributed by atoms with E-state index in [2.05, 4.69) is 65.9 Å². The smallest absolute Gasteiger partial charge is 0.105 e. The molecule has 0 nitrogen and oxygen atoms in total. The Morgan fingerprint density at radius 1 is 0.583 bits per heavy atom. The maximum Gasteiger partial charge on any atom is 0.105 e. The van der Waals surface area contributed by atoms with E-state index in [1.807, 2.05) is 48.5 Å². The van der Waals surface area contributed by atoms with Crippen LogP contribution in [0.2, 0.25) is 0 Å². The lowest BCUT2D eigenvalue weighted by atomic mass is 9.37. The van der Waals surface area contributed by atoms with Crippen molar-refractivity contribution < 1.29 is 0 Å². The SMILES string of the molecule is C#Cc1ccccc1C#CC1(C#Cc2ccccc2C#C)C2CC3CC(C2)CC1(c1ccccc1)C3. The largest absolute Gasteiger partial charge is 0.115 e. The molecule has 0 heteroatoms. The van der Waals surface area contributed by atoms with Gasteiger partial charge in [-0.1, -0.05) is 90.1 Å². The van der Waals surface area contributed by atoms with Crippen molar-refractivity contribution in [2.45, 2.75) is 37.5 Å². The van der Waals surface area contributed by atoms with E-state index in [-0.39, 0.29) is 5.41 Å². The van der Waals surface area contributed by atoms with Gasteiger partial charge in [-0.2, -0.15) is 0 Å². The van der Waals surface area contributed by atoms with Crippen LogP contribution in [0.25, 0.3) is 0 Å². The molecule has 172 valence electrons. The van der Waals surface area contributed by atoms with Gasteiger partial charge in [0.15, 0.2) is 0 Å². The standard InChI is InChI=1S/C36H28/c1-3-29-12-8-10-14-31(29)18-20-35(21-19-32-15-11-9-13-30(32)4-2)34-23-27-22-28(24-34)26-36(35,25-27)33-16-6-5-7-17-33/h1-2,5-17,27-28,34H,22-26H2. The average Bonchev–Trinajstić information content (AvgIpc) is 2.93. The second-order valence-corrected chi connectivity index (χ2v) is 10.7. The summed E-state index contributed by atoms with van der Waals surface area (Å²) in [4.78, 5) is 0. The quantitative estimate of drug-likeness (QED) is 0.350. The molecule has 4 aliphatic carbocycles. The maximum absolute atomic E-state index is 5.83. The summed E-state index contributed by atoms with van der Waals surface area (Å²) in [5.74, 6) is 22.4. The third kappa shape index (κ3) is 3.46. The first-order chi connectivity index (χ1) is 17.7. The molecule has 0 spiro atoms. The molecule has 7 rings (SSSR count). The van der Waals surface area contributed by atoms with E-state index in [9.17, 15) is 0 Å². The third-order valence-corrected chi connectivity index (χ3v) is 8.82. The van der Waals surface area contributed by atoms with Gasteiger partial charge in [-0.25, -0.2) is 0 Å². The molecular formula is C36H28. The summed E-state index contributed by atoms with van der Waals surface area (Å²) in [7, 11) is 0. The van der Waals surface area contributed by atoms with Crippen LogP contribution >= 0.6 is 0 Å². The first-order valence-electron chi connectivity index (χ1n) is 12.9. The van der Waals surface area contributed by atoms with Crippen molar-refractivity contribution in [2.75, 3.05) is 0 Å². The van der Waals surface area contributed by atoms with Gasteiger partial charge in [0.1, 0.15) is 5.41 Å². The second kappa shape index (κ2) is 8.84. The van der Waals surface area contributed by atoms with Crippen LogP contribution < -0.4 is 0 Å². The molecule has 0 amide bonds. The highest BCUT2D eigenvalue weighted by Crippen LogP contribution is 2.68. The monoisotopic (exact) mass is 460 g/mol. The van der Waals surface area contributed by atoms with Crippen molar-refractivity contribution in [3.8, 4) is 48.4 Å². The predicted octanol–water partition coefficient (Wildman–Crippen LogP) is 6.82. The number of rotatable bonds is 1. The van der Waals surface area contributed by atoms with Gasteiger partial charge in [-0.3, -0.25) is 0 Å². The summed E-state index contributed by atoms with van der Waals surface area (Å²) in [5, 5.41) is 0. The molecule has 4 saturated carbocycles. The molecule has 4 fully saturated rings. The zero-order chi connectivity index (χ0) is 24.6.